The molecule has 0 spiro atoms. The Morgan fingerprint density at radius 1 is 1.21 bits per heavy atom. The number of sulfonamides is 1. The lowest BCUT2D eigenvalue weighted by Crippen LogP contribution is -2.42. The van der Waals surface area contributed by atoms with Crippen molar-refractivity contribution in [3.8, 4) is 0 Å². The Hall–Kier alpha value is -0.530. The lowest BCUT2D eigenvalue weighted by Gasteiger charge is -2.27. The van der Waals surface area contributed by atoms with Crippen molar-refractivity contribution in [3.05, 3.63) is 29.8 Å². The van der Waals surface area contributed by atoms with Crippen molar-refractivity contribution < 1.29 is 17.2 Å². The zero-order valence-corrected chi connectivity index (χ0v) is 12.5. The number of rotatable bonds is 3. The van der Waals surface area contributed by atoms with Crippen molar-refractivity contribution in [1.82, 2.24) is 4.72 Å². The number of halogens is 3. The van der Waals surface area contributed by atoms with E-state index >= 15 is 0 Å². The summed E-state index contributed by atoms with van der Waals surface area (Å²) in [5.74, 6) is -1.73. The van der Waals surface area contributed by atoms with Crippen LogP contribution in [-0.2, 0) is 10.0 Å². The van der Waals surface area contributed by atoms with Gasteiger partial charge in [0, 0.05) is 10.9 Å². The molecule has 2 atom stereocenters. The predicted octanol–water partition coefficient (Wildman–Crippen LogP) is 2.95. The summed E-state index contributed by atoms with van der Waals surface area (Å²) >= 11 is 3.42. The molecule has 7 heteroatoms. The van der Waals surface area contributed by atoms with E-state index in [1.807, 2.05) is 0 Å². The molecule has 1 aliphatic rings. The monoisotopic (exact) mass is 353 g/mol. The van der Waals surface area contributed by atoms with Gasteiger partial charge in [0.05, 0.1) is 0 Å². The summed E-state index contributed by atoms with van der Waals surface area (Å²) in [5, 5.41) is 0. The Bertz CT molecular complexity index is 565. The van der Waals surface area contributed by atoms with Crippen molar-refractivity contribution in [1.29, 1.82) is 0 Å². The highest BCUT2D eigenvalue weighted by Crippen LogP contribution is 2.26. The van der Waals surface area contributed by atoms with Crippen LogP contribution in [-0.4, -0.2) is 19.3 Å². The zero-order valence-electron chi connectivity index (χ0n) is 10.1. The fourth-order valence-corrected chi connectivity index (χ4v) is 4.46. The smallest absolute Gasteiger partial charge is 0.207 e. The molecule has 1 fully saturated rings. The summed E-state index contributed by atoms with van der Waals surface area (Å²) in [6.07, 6.45) is 3.49. The van der Waals surface area contributed by atoms with Gasteiger partial charge in [-0.1, -0.05) is 28.8 Å². The summed E-state index contributed by atoms with van der Waals surface area (Å²) in [4.78, 5) is -0.620. The molecule has 2 rings (SSSR count). The van der Waals surface area contributed by atoms with Crippen molar-refractivity contribution in [2.24, 2.45) is 0 Å². The Morgan fingerprint density at radius 2 is 1.89 bits per heavy atom. The molecule has 0 aromatic heterocycles. The van der Waals surface area contributed by atoms with Crippen LogP contribution in [0.1, 0.15) is 25.7 Å². The average molecular weight is 354 g/mol. The van der Waals surface area contributed by atoms with E-state index in [1.165, 1.54) is 0 Å². The van der Waals surface area contributed by atoms with Gasteiger partial charge in [-0.2, -0.15) is 0 Å². The van der Waals surface area contributed by atoms with Gasteiger partial charge in [0.25, 0.3) is 0 Å². The first-order valence-electron chi connectivity index (χ1n) is 6.01. The second-order valence-electron chi connectivity index (χ2n) is 4.60. The van der Waals surface area contributed by atoms with Crippen LogP contribution in [0.15, 0.2) is 23.1 Å². The molecule has 0 heterocycles. The van der Waals surface area contributed by atoms with Crippen molar-refractivity contribution in [3.63, 3.8) is 0 Å². The highest BCUT2D eigenvalue weighted by molar-refractivity contribution is 9.09. The second kappa shape index (κ2) is 5.85. The highest BCUT2D eigenvalue weighted by Gasteiger charge is 2.29. The maximum Gasteiger partial charge on any atom is 0.243 e. The number of nitrogens with one attached hydrogen (secondary N) is 1. The molecule has 1 saturated carbocycles. The third kappa shape index (κ3) is 3.52. The minimum atomic E-state index is -4.04. The SMILES string of the molecule is O=S(=O)(NC1CCCCC1Br)c1cc(F)ccc1F. The van der Waals surface area contributed by atoms with Crippen LogP contribution in [0.2, 0.25) is 0 Å². The van der Waals surface area contributed by atoms with Crippen LogP contribution < -0.4 is 4.72 Å². The third-order valence-corrected chi connectivity index (χ3v) is 5.77. The van der Waals surface area contributed by atoms with E-state index in [0.717, 1.165) is 31.4 Å². The number of benzene rings is 1. The fourth-order valence-electron chi connectivity index (χ4n) is 2.16. The molecule has 0 aliphatic heterocycles. The fraction of sp³-hybridized carbons (Fsp3) is 0.500. The van der Waals surface area contributed by atoms with Gasteiger partial charge in [0.15, 0.2) is 0 Å². The van der Waals surface area contributed by atoms with E-state index in [1.54, 1.807) is 0 Å². The molecule has 0 saturated heterocycles. The van der Waals surface area contributed by atoms with Crippen molar-refractivity contribution >= 4 is 26.0 Å². The maximum atomic E-state index is 13.5. The molecule has 1 aliphatic carbocycles. The average Bonchev–Trinajstić information content (AvgIpc) is 2.35. The van der Waals surface area contributed by atoms with E-state index in [2.05, 4.69) is 20.7 Å². The van der Waals surface area contributed by atoms with E-state index < -0.39 is 26.6 Å². The molecular formula is C12H14BrF2NO2S. The van der Waals surface area contributed by atoms with Gasteiger partial charge < -0.3 is 0 Å². The molecule has 2 unspecified atom stereocenters. The molecule has 1 N–H and O–H groups in total. The first kappa shape index (κ1) is 14.9. The largest absolute Gasteiger partial charge is 0.243 e. The number of hydrogen-bond donors (Lipinski definition) is 1. The Labute approximate surface area is 119 Å². The molecule has 0 amide bonds. The summed E-state index contributed by atoms with van der Waals surface area (Å²) in [7, 11) is -4.04. The third-order valence-electron chi connectivity index (χ3n) is 3.17. The van der Waals surface area contributed by atoms with Crippen molar-refractivity contribution in [2.75, 3.05) is 0 Å². The van der Waals surface area contributed by atoms with Crippen LogP contribution in [0.4, 0.5) is 8.78 Å². The Balaban J connectivity index is 2.24. The zero-order chi connectivity index (χ0) is 14.0. The Kier molecular flexibility index (Phi) is 4.58. The lowest BCUT2D eigenvalue weighted by molar-refractivity contribution is 0.426. The molecule has 106 valence electrons. The van der Waals surface area contributed by atoms with Gasteiger partial charge in [0.2, 0.25) is 10.0 Å². The van der Waals surface area contributed by atoms with Crippen LogP contribution >= 0.6 is 15.9 Å². The first-order valence-corrected chi connectivity index (χ1v) is 8.41. The Morgan fingerprint density at radius 3 is 2.58 bits per heavy atom. The normalized spacial score (nSPS) is 24.4. The molecule has 19 heavy (non-hydrogen) atoms. The molecule has 1 aromatic rings. The van der Waals surface area contributed by atoms with Crippen LogP contribution in [0.5, 0.6) is 0 Å². The highest BCUT2D eigenvalue weighted by atomic mass is 79.9. The van der Waals surface area contributed by atoms with Crippen LogP contribution in [0.25, 0.3) is 0 Å². The maximum absolute atomic E-state index is 13.5. The van der Waals surface area contributed by atoms with Gasteiger partial charge in [-0.25, -0.2) is 21.9 Å². The predicted molar refractivity (Wildman–Crippen MR) is 71.7 cm³/mol. The lowest BCUT2D eigenvalue weighted by atomic mass is 9.96. The van der Waals surface area contributed by atoms with Gasteiger partial charge in [-0.15, -0.1) is 0 Å². The van der Waals surface area contributed by atoms with Crippen molar-refractivity contribution in [2.45, 2.75) is 41.4 Å². The topological polar surface area (TPSA) is 46.2 Å². The standard InChI is InChI=1S/C12H14BrF2NO2S/c13-9-3-1-2-4-11(9)16-19(17,18)12-7-8(14)5-6-10(12)15/h5-7,9,11,16H,1-4H2. The molecule has 0 radical (unpaired) electrons. The minimum absolute atomic E-state index is 0.0210. The van der Waals surface area contributed by atoms with Gasteiger partial charge in [0.1, 0.15) is 16.5 Å². The molecule has 3 nitrogen and oxygen atoms in total. The summed E-state index contributed by atoms with van der Waals surface area (Å²) in [6, 6.07) is 2.11. The minimum Gasteiger partial charge on any atom is -0.207 e. The van der Waals surface area contributed by atoms with Crippen LogP contribution in [0, 0.1) is 11.6 Å². The molecular weight excluding hydrogens is 340 g/mol. The second-order valence-corrected chi connectivity index (χ2v) is 7.46. The van der Waals surface area contributed by atoms with E-state index in [4.69, 9.17) is 0 Å². The summed E-state index contributed by atoms with van der Waals surface area (Å²) in [5.41, 5.74) is 0. The summed E-state index contributed by atoms with van der Waals surface area (Å²) in [6.45, 7) is 0. The van der Waals surface area contributed by atoms with Crippen LogP contribution in [0.3, 0.4) is 0 Å². The van der Waals surface area contributed by atoms with Gasteiger partial charge in [-0.05, 0) is 31.0 Å². The first-order chi connectivity index (χ1) is 8.90. The van der Waals surface area contributed by atoms with E-state index in [-0.39, 0.29) is 10.9 Å². The van der Waals surface area contributed by atoms with E-state index in [0.29, 0.717) is 12.5 Å². The molecule has 1 aromatic carbocycles. The summed E-state index contributed by atoms with van der Waals surface area (Å²) < 4.78 is 53.2. The number of hydrogen-bond acceptors (Lipinski definition) is 2. The number of alkyl halides is 1. The quantitative estimate of drug-likeness (QED) is 0.849. The van der Waals surface area contributed by atoms with E-state index in [9.17, 15) is 17.2 Å². The molecule has 0 bridgehead atoms. The van der Waals surface area contributed by atoms with Gasteiger partial charge in [-0.3, -0.25) is 0 Å². The van der Waals surface area contributed by atoms with Gasteiger partial charge >= 0.3 is 0 Å².